The van der Waals surface area contributed by atoms with Crippen LogP contribution in [0.2, 0.25) is 0 Å². The summed E-state index contributed by atoms with van der Waals surface area (Å²) in [7, 11) is 1.78. The maximum Gasteiger partial charge on any atom is 0.0789 e. The number of nitrogens with zero attached hydrogens (tertiary/aromatic N) is 1. The molecule has 20 heavy (non-hydrogen) atoms. The molecule has 0 saturated heterocycles. The van der Waals surface area contributed by atoms with Crippen LogP contribution in [0, 0.1) is 5.92 Å². The molecule has 0 spiro atoms. The highest BCUT2D eigenvalue weighted by molar-refractivity contribution is 5.78. The lowest BCUT2D eigenvalue weighted by atomic mass is 9.93. The summed E-state index contributed by atoms with van der Waals surface area (Å²) >= 11 is 0. The summed E-state index contributed by atoms with van der Waals surface area (Å²) in [6, 6.07) is 10.6. The number of methoxy groups -OCH3 is 1. The summed E-state index contributed by atoms with van der Waals surface area (Å²) in [6.07, 6.45) is 2.10. The summed E-state index contributed by atoms with van der Waals surface area (Å²) in [6.45, 7) is 7.40. The lowest BCUT2D eigenvalue weighted by Crippen LogP contribution is -2.36. The molecule has 0 aliphatic rings. The topological polar surface area (TPSA) is 34.2 Å². The first kappa shape index (κ1) is 14.9. The summed E-state index contributed by atoms with van der Waals surface area (Å²) in [5.74, 6) is 0.440. The fourth-order valence-corrected chi connectivity index (χ4v) is 2.69. The number of ether oxygens (including phenoxy) is 1. The number of hydrogen-bond acceptors (Lipinski definition) is 3. The van der Waals surface area contributed by atoms with Gasteiger partial charge in [-0.15, -0.1) is 0 Å². The largest absolute Gasteiger partial charge is 0.379 e. The van der Waals surface area contributed by atoms with Crippen LogP contribution in [0.5, 0.6) is 0 Å². The van der Waals surface area contributed by atoms with Gasteiger partial charge in [0.1, 0.15) is 0 Å². The van der Waals surface area contributed by atoms with E-state index in [0.717, 1.165) is 12.1 Å². The van der Waals surface area contributed by atoms with Crippen molar-refractivity contribution in [3.05, 3.63) is 42.1 Å². The molecule has 108 valence electrons. The molecule has 2 unspecified atom stereocenters. The van der Waals surface area contributed by atoms with E-state index in [0.29, 0.717) is 5.92 Å². The number of pyridine rings is 1. The Hall–Kier alpha value is -1.45. The molecule has 3 heteroatoms. The van der Waals surface area contributed by atoms with Crippen molar-refractivity contribution >= 4 is 10.9 Å². The van der Waals surface area contributed by atoms with Crippen LogP contribution in [0.25, 0.3) is 10.9 Å². The highest BCUT2D eigenvalue weighted by atomic mass is 16.5. The van der Waals surface area contributed by atoms with Crippen molar-refractivity contribution in [2.24, 2.45) is 5.92 Å². The van der Waals surface area contributed by atoms with Crippen LogP contribution in [-0.4, -0.2) is 24.7 Å². The molecule has 0 saturated carbocycles. The van der Waals surface area contributed by atoms with Gasteiger partial charge >= 0.3 is 0 Å². The Morgan fingerprint density at radius 2 is 2.00 bits per heavy atom. The zero-order valence-electron chi connectivity index (χ0n) is 12.8. The fraction of sp³-hybridized carbons (Fsp3) is 0.471. The molecule has 1 aromatic carbocycles. The standard InChI is InChI=1S/C17H24N2O/c1-5-18-16(17(20-4)12(2)3)14-10-13-8-6-7-9-15(13)19-11-14/h6-12,16-18H,5H2,1-4H3. The molecule has 2 rings (SSSR count). The Kier molecular flexibility index (Phi) is 5.10. The molecule has 2 aromatic rings. The van der Waals surface area contributed by atoms with Gasteiger partial charge in [0.25, 0.3) is 0 Å². The lowest BCUT2D eigenvalue weighted by Gasteiger charge is -2.30. The normalized spacial score (nSPS) is 14.7. The van der Waals surface area contributed by atoms with Crippen LogP contribution < -0.4 is 5.32 Å². The van der Waals surface area contributed by atoms with E-state index in [2.05, 4.69) is 43.2 Å². The van der Waals surface area contributed by atoms with Gasteiger partial charge in [-0.1, -0.05) is 39.0 Å². The lowest BCUT2D eigenvalue weighted by molar-refractivity contribution is 0.0330. The Morgan fingerprint density at radius 1 is 1.25 bits per heavy atom. The number of aromatic nitrogens is 1. The number of fused-ring (bicyclic) bond motifs is 1. The second-order valence-corrected chi connectivity index (χ2v) is 5.44. The summed E-state index contributed by atoms with van der Waals surface area (Å²) < 4.78 is 5.70. The van der Waals surface area contributed by atoms with Crippen molar-refractivity contribution in [2.75, 3.05) is 13.7 Å². The molecule has 0 aliphatic heterocycles. The van der Waals surface area contributed by atoms with Crippen molar-refractivity contribution in [1.29, 1.82) is 0 Å². The van der Waals surface area contributed by atoms with Crippen LogP contribution in [0.3, 0.4) is 0 Å². The number of benzene rings is 1. The van der Waals surface area contributed by atoms with Gasteiger partial charge in [-0.2, -0.15) is 0 Å². The Balaban J connectivity index is 2.40. The van der Waals surface area contributed by atoms with Crippen LogP contribution in [0.15, 0.2) is 36.5 Å². The monoisotopic (exact) mass is 272 g/mol. The smallest absolute Gasteiger partial charge is 0.0789 e. The van der Waals surface area contributed by atoms with Gasteiger partial charge in [0.15, 0.2) is 0 Å². The van der Waals surface area contributed by atoms with Crippen LogP contribution in [0.1, 0.15) is 32.4 Å². The van der Waals surface area contributed by atoms with Crippen LogP contribution in [-0.2, 0) is 4.74 Å². The zero-order valence-corrected chi connectivity index (χ0v) is 12.8. The highest BCUT2D eigenvalue weighted by Crippen LogP contribution is 2.26. The minimum Gasteiger partial charge on any atom is -0.379 e. The number of hydrogen-bond donors (Lipinski definition) is 1. The first-order valence-corrected chi connectivity index (χ1v) is 7.28. The maximum absolute atomic E-state index is 5.70. The van der Waals surface area contributed by atoms with Gasteiger partial charge < -0.3 is 10.1 Å². The maximum atomic E-state index is 5.70. The molecule has 3 nitrogen and oxygen atoms in total. The molecule has 1 N–H and O–H groups in total. The van der Waals surface area contributed by atoms with E-state index in [-0.39, 0.29) is 12.1 Å². The quantitative estimate of drug-likeness (QED) is 0.873. The first-order chi connectivity index (χ1) is 9.67. The molecular formula is C17H24N2O. The van der Waals surface area contributed by atoms with Crippen molar-refractivity contribution in [3.8, 4) is 0 Å². The van der Waals surface area contributed by atoms with Gasteiger partial charge in [0.05, 0.1) is 17.7 Å². The van der Waals surface area contributed by atoms with E-state index in [1.165, 1.54) is 10.9 Å². The average molecular weight is 272 g/mol. The van der Waals surface area contributed by atoms with E-state index in [1.807, 2.05) is 24.4 Å². The fourth-order valence-electron chi connectivity index (χ4n) is 2.69. The predicted octanol–water partition coefficient (Wildman–Crippen LogP) is 3.56. The van der Waals surface area contributed by atoms with Gasteiger partial charge in [0, 0.05) is 18.7 Å². The molecular weight excluding hydrogens is 248 g/mol. The Bertz CT molecular complexity index is 553. The molecule has 1 aromatic heterocycles. The van der Waals surface area contributed by atoms with Gasteiger partial charge in [-0.3, -0.25) is 4.98 Å². The Labute approximate surface area is 121 Å². The third-order valence-corrected chi connectivity index (χ3v) is 3.65. The van der Waals surface area contributed by atoms with Crippen molar-refractivity contribution in [1.82, 2.24) is 10.3 Å². The number of nitrogens with one attached hydrogen (secondary N) is 1. The third-order valence-electron chi connectivity index (χ3n) is 3.65. The van der Waals surface area contributed by atoms with Gasteiger partial charge in [-0.25, -0.2) is 0 Å². The minimum absolute atomic E-state index is 0.137. The molecule has 2 atom stereocenters. The molecule has 0 aliphatic carbocycles. The van der Waals surface area contributed by atoms with E-state index in [4.69, 9.17) is 4.74 Å². The van der Waals surface area contributed by atoms with E-state index >= 15 is 0 Å². The second-order valence-electron chi connectivity index (χ2n) is 5.44. The van der Waals surface area contributed by atoms with E-state index < -0.39 is 0 Å². The van der Waals surface area contributed by atoms with E-state index in [9.17, 15) is 0 Å². The van der Waals surface area contributed by atoms with Gasteiger partial charge in [0.2, 0.25) is 0 Å². The number of rotatable bonds is 6. The summed E-state index contributed by atoms with van der Waals surface area (Å²) in [5.41, 5.74) is 2.22. The van der Waals surface area contributed by atoms with Gasteiger partial charge in [-0.05, 0) is 30.2 Å². The number of likely N-dealkylation sites (N-methyl/N-ethyl adjacent to an activating group) is 1. The minimum atomic E-state index is 0.137. The summed E-state index contributed by atoms with van der Waals surface area (Å²) in [4.78, 5) is 4.56. The Morgan fingerprint density at radius 3 is 2.65 bits per heavy atom. The first-order valence-electron chi connectivity index (χ1n) is 7.28. The second kappa shape index (κ2) is 6.82. The van der Waals surface area contributed by atoms with Crippen molar-refractivity contribution < 1.29 is 4.74 Å². The molecule has 1 heterocycles. The third kappa shape index (κ3) is 3.17. The van der Waals surface area contributed by atoms with Crippen LogP contribution in [0.4, 0.5) is 0 Å². The highest BCUT2D eigenvalue weighted by Gasteiger charge is 2.25. The molecule has 0 bridgehead atoms. The van der Waals surface area contributed by atoms with Crippen LogP contribution >= 0.6 is 0 Å². The molecule has 0 amide bonds. The average Bonchev–Trinajstić information content (AvgIpc) is 2.46. The van der Waals surface area contributed by atoms with E-state index in [1.54, 1.807) is 7.11 Å². The molecule has 0 radical (unpaired) electrons. The number of para-hydroxylation sites is 1. The summed E-state index contributed by atoms with van der Waals surface area (Å²) in [5, 5.41) is 4.70. The predicted molar refractivity (Wildman–Crippen MR) is 83.8 cm³/mol. The van der Waals surface area contributed by atoms with Crippen molar-refractivity contribution in [3.63, 3.8) is 0 Å². The molecule has 0 fully saturated rings. The zero-order chi connectivity index (χ0) is 14.5. The van der Waals surface area contributed by atoms with Crippen molar-refractivity contribution in [2.45, 2.75) is 32.9 Å². The SMILES string of the molecule is CCNC(c1cnc2ccccc2c1)C(OC)C(C)C.